The third kappa shape index (κ3) is 11.4. The molecule has 0 saturated heterocycles. The monoisotopic (exact) mass is 575 g/mol. The lowest BCUT2D eigenvalue weighted by Gasteiger charge is -2.15. The molecule has 222 valence electrons. The van der Waals surface area contributed by atoms with Gasteiger partial charge in [0, 0.05) is 35.8 Å². The van der Waals surface area contributed by atoms with E-state index < -0.39 is 22.9 Å². The number of ether oxygens (including phenoxy) is 3. The van der Waals surface area contributed by atoms with Gasteiger partial charge in [0.2, 0.25) is 0 Å². The molecule has 2 aromatic carbocycles. The molecule has 0 heterocycles. The summed E-state index contributed by atoms with van der Waals surface area (Å²) in [6.07, 6.45) is 7.96. The van der Waals surface area contributed by atoms with Gasteiger partial charge in [0.25, 0.3) is 0 Å². The van der Waals surface area contributed by atoms with Crippen LogP contribution in [0.3, 0.4) is 0 Å². The number of aliphatic hydroxyl groups is 2. The Balaban J connectivity index is 1.16. The summed E-state index contributed by atoms with van der Waals surface area (Å²) in [5.41, 5.74) is 2.19. The molecule has 0 spiro atoms. The van der Waals surface area contributed by atoms with Crippen LogP contribution in [0.2, 0.25) is 0 Å². The Kier molecular flexibility index (Phi) is 14.8. The van der Waals surface area contributed by atoms with Gasteiger partial charge in [-0.05, 0) is 67.6 Å². The van der Waals surface area contributed by atoms with E-state index in [9.17, 15) is 19.2 Å². The van der Waals surface area contributed by atoms with Crippen LogP contribution >= 0.6 is 0 Å². The highest BCUT2D eigenvalue weighted by atomic mass is 32.2. The van der Waals surface area contributed by atoms with E-state index in [1.54, 1.807) is 18.2 Å². The van der Waals surface area contributed by atoms with Gasteiger partial charge in [0.05, 0.1) is 43.3 Å². The minimum atomic E-state index is -0.915. The number of carbonyl (C=O) groups excluding carboxylic acids is 1. The van der Waals surface area contributed by atoms with Crippen molar-refractivity contribution in [3.8, 4) is 5.75 Å². The Hall–Kier alpha value is -2.14. The van der Waals surface area contributed by atoms with Crippen molar-refractivity contribution >= 4 is 16.8 Å². The van der Waals surface area contributed by atoms with Gasteiger partial charge in [-0.1, -0.05) is 43.9 Å². The van der Waals surface area contributed by atoms with Gasteiger partial charge in [-0.2, -0.15) is 0 Å². The minimum absolute atomic E-state index is 0.272. The van der Waals surface area contributed by atoms with E-state index in [4.69, 9.17) is 14.2 Å². The minimum Gasteiger partial charge on any atom is -0.426 e. The lowest BCUT2D eigenvalue weighted by Crippen LogP contribution is -2.22. The molecule has 1 aliphatic carbocycles. The van der Waals surface area contributed by atoms with Crippen molar-refractivity contribution in [1.82, 2.24) is 5.32 Å². The second kappa shape index (κ2) is 18.3. The molecular formula is C31H45NO7S. The molecule has 1 fully saturated rings. The van der Waals surface area contributed by atoms with E-state index in [-0.39, 0.29) is 6.61 Å². The smallest absolute Gasteiger partial charge is 0.308 e. The first-order valence-electron chi connectivity index (χ1n) is 14.4. The molecule has 0 radical (unpaired) electrons. The third-order valence-corrected chi connectivity index (χ3v) is 8.80. The molecule has 1 saturated carbocycles. The lowest BCUT2D eigenvalue weighted by atomic mass is 10.1. The van der Waals surface area contributed by atoms with E-state index in [1.165, 1.54) is 19.8 Å². The summed E-state index contributed by atoms with van der Waals surface area (Å²) in [7, 11) is -0.915. The quantitative estimate of drug-likeness (QED) is 0.127. The molecule has 0 bridgehead atoms. The number of aliphatic hydroxyl groups excluding tert-OH is 2. The largest absolute Gasteiger partial charge is 0.426 e. The molecule has 0 amide bonds. The normalized spacial score (nSPS) is 15.3. The second-order valence-electron chi connectivity index (χ2n) is 10.3. The third-order valence-electron chi connectivity index (χ3n) is 7.00. The zero-order chi connectivity index (χ0) is 28.6. The SMILES string of the molecule is CC(=O)Oc1ccc(C(O)CNCCCCCCOCCOCc2cccc(S(=O)C3CCCC3)c2)cc1CO. The Labute approximate surface area is 240 Å². The first-order chi connectivity index (χ1) is 19.5. The van der Waals surface area contributed by atoms with Crippen molar-refractivity contribution in [3.05, 3.63) is 59.2 Å². The maximum Gasteiger partial charge on any atom is 0.308 e. The van der Waals surface area contributed by atoms with Crippen LogP contribution in [0, 0.1) is 0 Å². The molecule has 2 atom stereocenters. The highest BCUT2D eigenvalue weighted by molar-refractivity contribution is 7.85. The number of hydrogen-bond acceptors (Lipinski definition) is 8. The number of benzene rings is 2. The van der Waals surface area contributed by atoms with Crippen LogP contribution in [0.5, 0.6) is 5.75 Å². The first-order valence-corrected chi connectivity index (χ1v) is 15.6. The topological polar surface area (TPSA) is 114 Å². The summed E-state index contributed by atoms with van der Waals surface area (Å²) in [5, 5.41) is 23.5. The van der Waals surface area contributed by atoms with Crippen molar-refractivity contribution < 1.29 is 33.4 Å². The van der Waals surface area contributed by atoms with Crippen LogP contribution in [-0.2, 0) is 38.3 Å². The summed E-state index contributed by atoms with van der Waals surface area (Å²) in [6, 6.07) is 12.9. The van der Waals surface area contributed by atoms with E-state index >= 15 is 0 Å². The fourth-order valence-corrected chi connectivity index (χ4v) is 6.44. The van der Waals surface area contributed by atoms with Crippen LogP contribution in [0.15, 0.2) is 47.4 Å². The van der Waals surface area contributed by atoms with Gasteiger partial charge in [0.15, 0.2) is 0 Å². The van der Waals surface area contributed by atoms with Crippen LogP contribution in [0.25, 0.3) is 0 Å². The molecule has 0 aromatic heterocycles. The zero-order valence-electron chi connectivity index (χ0n) is 23.6. The van der Waals surface area contributed by atoms with E-state index in [2.05, 4.69) is 5.32 Å². The summed E-state index contributed by atoms with van der Waals surface area (Å²) in [5.74, 6) is -0.140. The fourth-order valence-electron chi connectivity index (χ4n) is 4.81. The van der Waals surface area contributed by atoms with Crippen molar-refractivity contribution in [2.24, 2.45) is 0 Å². The van der Waals surface area contributed by atoms with Gasteiger partial charge in [-0.25, -0.2) is 0 Å². The maximum absolute atomic E-state index is 12.7. The Bertz CT molecular complexity index is 1060. The number of esters is 1. The van der Waals surface area contributed by atoms with E-state index in [1.807, 2.05) is 24.3 Å². The molecule has 0 aliphatic heterocycles. The van der Waals surface area contributed by atoms with Gasteiger partial charge >= 0.3 is 5.97 Å². The predicted octanol–water partition coefficient (Wildman–Crippen LogP) is 4.57. The van der Waals surface area contributed by atoms with Crippen molar-refractivity contribution in [3.63, 3.8) is 0 Å². The van der Waals surface area contributed by atoms with Crippen molar-refractivity contribution in [1.29, 1.82) is 0 Å². The van der Waals surface area contributed by atoms with E-state index in [0.717, 1.165) is 55.5 Å². The molecule has 3 N–H and O–H groups in total. The highest BCUT2D eigenvalue weighted by Gasteiger charge is 2.22. The highest BCUT2D eigenvalue weighted by Crippen LogP contribution is 2.27. The number of rotatable bonds is 19. The Morgan fingerprint density at radius 3 is 2.58 bits per heavy atom. The standard InChI is InChI=1S/C31H45NO7S/c1-24(34)39-31-14-13-26(20-27(31)22-33)30(35)21-32-15-6-2-3-7-16-37-17-18-38-23-25-9-8-12-29(19-25)40(36)28-10-4-5-11-28/h8-9,12-14,19-20,28,30,32-33,35H,2-7,10-11,15-18,21-23H2,1H3. The summed E-state index contributed by atoms with van der Waals surface area (Å²) in [4.78, 5) is 12.1. The molecule has 8 nitrogen and oxygen atoms in total. The maximum atomic E-state index is 12.7. The first kappa shape index (κ1) is 32.4. The molecule has 3 rings (SSSR count). The van der Waals surface area contributed by atoms with Gasteiger partial charge < -0.3 is 29.7 Å². The van der Waals surface area contributed by atoms with Crippen molar-refractivity contribution in [2.75, 3.05) is 32.9 Å². The van der Waals surface area contributed by atoms with Crippen LogP contribution in [-0.4, -0.2) is 58.6 Å². The summed E-state index contributed by atoms with van der Waals surface area (Å²) < 4.78 is 29.2. The molecule has 40 heavy (non-hydrogen) atoms. The van der Waals surface area contributed by atoms with Gasteiger partial charge in [-0.3, -0.25) is 9.00 Å². The number of hydrogen-bond donors (Lipinski definition) is 3. The summed E-state index contributed by atoms with van der Waals surface area (Å²) in [6.45, 7) is 4.56. The average molecular weight is 576 g/mol. The Morgan fingerprint density at radius 1 is 1.02 bits per heavy atom. The van der Waals surface area contributed by atoms with E-state index in [0.29, 0.717) is 55.1 Å². The number of unbranched alkanes of at least 4 members (excludes halogenated alkanes) is 3. The predicted molar refractivity (Wildman–Crippen MR) is 156 cm³/mol. The Morgan fingerprint density at radius 2 is 1.80 bits per heavy atom. The average Bonchev–Trinajstić information content (AvgIpc) is 3.50. The summed E-state index contributed by atoms with van der Waals surface area (Å²) >= 11 is 0. The lowest BCUT2D eigenvalue weighted by molar-refractivity contribution is -0.131. The van der Waals surface area contributed by atoms with Crippen LogP contribution in [0.4, 0.5) is 0 Å². The number of nitrogens with one attached hydrogen (secondary N) is 1. The van der Waals surface area contributed by atoms with Crippen molar-refractivity contribution in [2.45, 2.75) is 87.8 Å². The molecular weight excluding hydrogens is 530 g/mol. The van der Waals surface area contributed by atoms with Gasteiger partial charge in [-0.15, -0.1) is 0 Å². The number of carbonyl (C=O) groups is 1. The molecule has 9 heteroatoms. The molecule has 2 aromatic rings. The molecule has 2 unspecified atom stereocenters. The van der Waals surface area contributed by atoms with Crippen LogP contribution < -0.4 is 10.1 Å². The fraction of sp³-hybridized carbons (Fsp3) is 0.581. The van der Waals surface area contributed by atoms with Gasteiger partial charge in [0.1, 0.15) is 5.75 Å². The van der Waals surface area contributed by atoms with Crippen LogP contribution in [0.1, 0.15) is 81.1 Å². The molecule has 1 aliphatic rings. The second-order valence-corrected chi connectivity index (χ2v) is 12.0. The zero-order valence-corrected chi connectivity index (χ0v) is 24.5.